The lowest BCUT2D eigenvalue weighted by atomic mass is 9.93. The number of H-pyrrole nitrogens is 1. The van der Waals surface area contributed by atoms with E-state index in [0.29, 0.717) is 19.0 Å². The molecule has 0 atom stereocenters. The number of rotatable bonds is 3. The van der Waals surface area contributed by atoms with Crippen molar-refractivity contribution in [3.63, 3.8) is 0 Å². The van der Waals surface area contributed by atoms with Crippen LogP contribution >= 0.6 is 0 Å². The summed E-state index contributed by atoms with van der Waals surface area (Å²) in [4.78, 5) is 32.4. The summed E-state index contributed by atoms with van der Waals surface area (Å²) in [5, 5.41) is 6.16. The van der Waals surface area contributed by atoms with Crippen LogP contribution in [0.2, 0.25) is 0 Å². The van der Waals surface area contributed by atoms with Gasteiger partial charge in [0.25, 0.3) is 11.5 Å². The van der Waals surface area contributed by atoms with E-state index in [1.165, 1.54) is 12.1 Å². The normalized spacial score (nSPS) is 15.3. The molecule has 1 N–H and O–H groups in total. The number of amides is 1. The van der Waals surface area contributed by atoms with Gasteiger partial charge in [-0.15, -0.1) is 0 Å². The van der Waals surface area contributed by atoms with E-state index < -0.39 is 0 Å². The number of hydrogen-bond donors (Lipinski definition) is 1. The van der Waals surface area contributed by atoms with E-state index in [2.05, 4.69) is 26.9 Å². The number of aromatic amines is 1. The fourth-order valence-corrected chi connectivity index (χ4v) is 3.58. The number of carbonyl (C=O) groups is 1. The Balaban J connectivity index is 1.51. The standard InChI is InChI=1S/C19H22N6O2/c1-23(2)18-16-4-3-9-25(16)12-15(20-18)13-7-10-24(11-8-13)19(27)14-5-6-17(26)22-21-14/h3-6,9,12-13H,7-8,10-11H2,1-2H3,(H,22,26). The summed E-state index contributed by atoms with van der Waals surface area (Å²) in [5.74, 6) is 1.11. The molecule has 3 aromatic rings. The molecule has 0 spiro atoms. The summed E-state index contributed by atoms with van der Waals surface area (Å²) in [7, 11) is 4.00. The Morgan fingerprint density at radius 2 is 2.00 bits per heavy atom. The molecule has 1 aliphatic rings. The SMILES string of the molecule is CN(C)c1nc(C2CCN(C(=O)c3ccc(=O)[nH]n3)CC2)cn2cccc12. The molecule has 4 rings (SSSR count). The zero-order valence-electron chi connectivity index (χ0n) is 15.4. The second-order valence-corrected chi connectivity index (χ2v) is 7.06. The predicted molar refractivity (Wildman–Crippen MR) is 102 cm³/mol. The van der Waals surface area contributed by atoms with E-state index in [9.17, 15) is 9.59 Å². The Morgan fingerprint density at radius 3 is 2.67 bits per heavy atom. The molecule has 1 fully saturated rings. The van der Waals surface area contributed by atoms with Crippen LogP contribution < -0.4 is 10.5 Å². The average Bonchev–Trinajstić information content (AvgIpc) is 3.16. The quantitative estimate of drug-likeness (QED) is 0.759. The van der Waals surface area contributed by atoms with Crippen LogP contribution in [0.5, 0.6) is 0 Å². The van der Waals surface area contributed by atoms with Crippen molar-refractivity contribution in [2.24, 2.45) is 0 Å². The van der Waals surface area contributed by atoms with Crippen LogP contribution in [0.4, 0.5) is 5.82 Å². The van der Waals surface area contributed by atoms with Gasteiger partial charge in [-0.25, -0.2) is 10.1 Å². The second kappa shape index (κ2) is 6.86. The van der Waals surface area contributed by atoms with Gasteiger partial charge in [0.2, 0.25) is 0 Å². The number of hydrogen-bond acceptors (Lipinski definition) is 5. The fraction of sp³-hybridized carbons (Fsp3) is 0.368. The van der Waals surface area contributed by atoms with Gasteiger partial charge in [0.15, 0.2) is 5.82 Å². The molecule has 0 aromatic carbocycles. The third-order valence-corrected chi connectivity index (χ3v) is 5.04. The highest BCUT2D eigenvalue weighted by molar-refractivity contribution is 5.92. The van der Waals surface area contributed by atoms with Gasteiger partial charge in [0.1, 0.15) is 5.69 Å². The number of nitrogens with one attached hydrogen (secondary N) is 1. The van der Waals surface area contributed by atoms with Crippen molar-refractivity contribution in [2.45, 2.75) is 18.8 Å². The van der Waals surface area contributed by atoms with Crippen molar-refractivity contribution in [3.8, 4) is 0 Å². The van der Waals surface area contributed by atoms with Crippen molar-refractivity contribution in [2.75, 3.05) is 32.1 Å². The zero-order chi connectivity index (χ0) is 19.0. The lowest BCUT2D eigenvalue weighted by molar-refractivity contribution is 0.0704. The summed E-state index contributed by atoms with van der Waals surface area (Å²) in [5.41, 5.74) is 2.10. The third kappa shape index (κ3) is 3.30. The van der Waals surface area contributed by atoms with Crippen molar-refractivity contribution in [1.82, 2.24) is 24.5 Å². The van der Waals surface area contributed by atoms with Gasteiger partial charge >= 0.3 is 0 Å². The summed E-state index contributed by atoms with van der Waals surface area (Å²) in [6, 6.07) is 6.88. The molecule has 0 aliphatic carbocycles. The van der Waals surface area contributed by atoms with E-state index in [4.69, 9.17) is 4.98 Å². The second-order valence-electron chi connectivity index (χ2n) is 7.06. The molecule has 1 aliphatic heterocycles. The number of likely N-dealkylation sites (tertiary alicyclic amines) is 1. The van der Waals surface area contributed by atoms with Crippen molar-refractivity contribution in [1.29, 1.82) is 0 Å². The molecule has 0 bridgehead atoms. The molecule has 3 aromatic heterocycles. The van der Waals surface area contributed by atoms with Crippen LogP contribution in [-0.2, 0) is 0 Å². The number of anilines is 1. The first kappa shape index (κ1) is 17.3. The third-order valence-electron chi connectivity index (χ3n) is 5.04. The molecule has 1 amide bonds. The number of fused-ring (bicyclic) bond motifs is 1. The maximum Gasteiger partial charge on any atom is 0.274 e. The molecule has 140 valence electrons. The van der Waals surface area contributed by atoms with E-state index >= 15 is 0 Å². The number of aromatic nitrogens is 4. The Kier molecular flexibility index (Phi) is 4.39. The van der Waals surface area contributed by atoms with Gasteiger partial charge in [-0.1, -0.05) is 0 Å². The Bertz CT molecular complexity index is 1010. The minimum atomic E-state index is -0.312. The highest BCUT2D eigenvalue weighted by atomic mass is 16.2. The van der Waals surface area contributed by atoms with Crippen LogP contribution in [0, 0.1) is 0 Å². The van der Waals surface area contributed by atoms with Gasteiger partial charge in [0.05, 0.1) is 11.2 Å². The maximum absolute atomic E-state index is 12.6. The lowest BCUT2D eigenvalue weighted by Gasteiger charge is -2.31. The minimum Gasteiger partial charge on any atom is -0.361 e. The summed E-state index contributed by atoms with van der Waals surface area (Å²) < 4.78 is 2.11. The number of nitrogens with zero attached hydrogens (tertiary/aromatic N) is 5. The first-order valence-corrected chi connectivity index (χ1v) is 9.03. The first-order chi connectivity index (χ1) is 13.0. The largest absolute Gasteiger partial charge is 0.361 e. The number of carbonyl (C=O) groups excluding carboxylic acids is 1. The zero-order valence-corrected chi connectivity index (χ0v) is 15.4. The monoisotopic (exact) mass is 366 g/mol. The highest BCUT2D eigenvalue weighted by Gasteiger charge is 2.27. The summed E-state index contributed by atoms with van der Waals surface area (Å²) in [6.07, 6.45) is 5.82. The van der Waals surface area contributed by atoms with Gasteiger partial charge in [-0.05, 0) is 31.0 Å². The molecule has 8 heteroatoms. The van der Waals surface area contributed by atoms with Crippen molar-refractivity contribution in [3.05, 3.63) is 58.4 Å². The molecule has 27 heavy (non-hydrogen) atoms. The molecule has 0 radical (unpaired) electrons. The maximum atomic E-state index is 12.6. The molecule has 4 heterocycles. The van der Waals surface area contributed by atoms with Crippen LogP contribution in [-0.4, -0.2) is 57.6 Å². The van der Waals surface area contributed by atoms with E-state index in [1.807, 2.05) is 31.3 Å². The van der Waals surface area contributed by atoms with Gasteiger partial charge < -0.3 is 14.2 Å². The van der Waals surface area contributed by atoms with Crippen LogP contribution in [0.3, 0.4) is 0 Å². The first-order valence-electron chi connectivity index (χ1n) is 9.03. The van der Waals surface area contributed by atoms with Crippen LogP contribution in [0.25, 0.3) is 5.52 Å². The smallest absolute Gasteiger partial charge is 0.274 e. The van der Waals surface area contributed by atoms with Gasteiger partial charge in [-0.3, -0.25) is 9.59 Å². The summed E-state index contributed by atoms with van der Waals surface area (Å²) in [6.45, 7) is 1.29. The molecule has 0 unspecified atom stereocenters. The topological polar surface area (TPSA) is 86.6 Å². The van der Waals surface area contributed by atoms with Crippen LogP contribution in [0.1, 0.15) is 34.9 Å². The van der Waals surface area contributed by atoms with Gasteiger partial charge in [0, 0.05) is 51.6 Å². The van der Waals surface area contributed by atoms with E-state index in [-0.39, 0.29) is 17.2 Å². The molecule has 0 saturated carbocycles. The molecular formula is C19H22N6O2. The Labute approximate surface area is 156 Å². The molecule has 1 saturated heterocycles. The number of piperidine rings is 1. The molecule has 8 nitrogen and oxygen atoms in total. The highest BCUT2D eigenvalue weighted by Crippen LogP contribution is 2.30. The van der Waals surface area contributed by atoms with Crippen LogP contribution in [0.15, 0.2) is 41.5 Å². The van der Waals surface area contributed by atoms with Crippen molar-refractivity contribution < 1.29 is 4.79 Å². The van der Waals surface area contributed by atoms with E-state index in [1.54, 1.807) is 4.90 Å². The Morgan fingerprint density at radius 1 is 1.22 bits per heavy atom. The Hall–Kier alpha value is -3.16. The fourth-order valence-electron chi connectivity index (χ4n) is 3.58. The average molecular weight is 366 g/mol. The lowest BCUT2D eigenvalue weighted by Crippen LogP contribution is -2.38. The summed E-state index contributed by atoms with van der Waals surface area (Å²) >= 11 is 0. The van der Waals surface area contributed by atoms with Crippen molar-refractivity contribution >= 4 is 17.2 Å². The van der Waals surface area contributed by atoms with Gasteiger partial charge in [-0.2, -0.15) is 5.10 Å². The molecular weight excluding hydrogens is 344 g/mol. The van der Waals surface area contributed by atoms with E-state index in [0.717, 1.165) is 29.9 Å². The predicted octanol–water partition coefficient (Wildman–Crippen LogP) is 1.50. The minimum absolute atomic E-state index is 0.146.